The lowest BCUT2D eigenvalue weighted by molar-refractivity contribution is -0.0667. The summed E-state index contributed by atoms with van der Waals surface area (Å²) in [6.45, 7) is 8.39. The van der Waals surface area contributed by atoms with Crippen molar-refractivity contribution >= 4 is 16.5 Å². The van der Waals surface area contributed by atoms with Gasteiger partial charge in [-0.25, -0.2) is 0 Å². The molecule has 0 saturated carbocycles. The monoisotopic (exact) mass is 284 g/mol. The Morgan fingerprint density at radius 3 is 2.57 bits per heavy atom. The summed E-state index contributed by atoms with van der Waals surface area (Å²) in [5.74, 6) is 0. The Morgan fingerprint density at radius 1 is 1.05 bits per heavy atom. The molecule has 3 nitrogen and oxygen atoms in total. The molecule has 2 aromatic carbocycles. The first-order valence-electron chi connectivity index (χ1n) is 7.82. The molecule has 3 heteroatoms. The van der Waals surface area contributed by atoms with Crippen LogP contribution in [0.1, 0.15) is 13.8 Å². The van der Waals surface area contributed by atoms with Gasteiger partial charge in [0.15, 0.2) is 0 Å². The van der Waals surface area contributed by atoms with Crippen molar-refractivity contribution in [2.75, 3.05) is 31.5 Å². The van der Waals surface area contributed by atoms with Crippen molar-refractivity contribution in [2.45, 2.75) is 26.1 Å². The molecule has 112 valence electrons. The third-order valence-corrected chi connectivity index (χ3v) is 4.03. The van der Waals surface area contributed by atoms with Gasteiger partial charge in [-0.2, -0.15) is 0 Å². The fourth-order valence-corrected chi connectivity index (χ4v) is 3.20. The second-order valence-electron chi connectivity index (χ2n) is 5.97. The van der Waals surface area contributed by atoms with E-state index in [0.29, 0.717) is 12.2 Å². The second-order valence-corrected chi connectivity index (χ2v) is 5.97. The zero-order valence-electron chi connectivity index (χ0n) is 12.9. The van der Waals surface area contributed by atoms with Crippen LogP contribution in [0, 0.1) is 0 Å². The van der Waals surface area contributed by atoms with Gasteiger partial charge in [-0.1, -0.05) is 36.4 Å². The number of hydrogen-bond donors (Lipinski definition) is 1. The minimum absolute atomic E-state index is 0.339. The fourth-order valence-electron chi connectivity index (χ4n) is 3.20. The number of morpholine rings is 1. The average molecular weight is 284 g/mol. The summed E-state index contributed by atoms with van der Waals surface area (Å²) in [6, 6.07) is 15.0. The van der Waals surface area contributed by atoms with E-state index in [1.807, 2.05) is 0 Å². The molecular weight excluding hydrogens is 260 g/mol. The summed E-state index contributed by atoms with van der Waals surface area (Å²) in [7, 11) is 0. The number of hydrogen-bond acceptors (Lipinski definition) is 3. The SMILES string of the molecule is C[C@@H]1CN(CCNc2cccc3ccccc23)C[C@@H](C)O1. The van der Waals surface area contributed by atoms with Gasteiger partial charge in [-0.15, -0.1) is 0 Å². The van der Waals surface area contributed by atoms with E-state index in [9.17, 15) is 0 Å². The van der Waals surface area contributed by atoms with E-state index in [2.05, 4.69) is 66.5 Å². The van der Waals surface area contributed by atoms with E-state index in [4.69, 9.17) is 4.74 Å². The van der Waals surface area contributed by atoms with Gasteiger partial charge in [0.25, 0.3) is 0 Å². The Labute approximate surface area is 126 Å². The van der Waals surface area contributed by atoms with Crippen LogP contribution in [0.5, 0.6) is 0 Å². The Bertz CT molecular complexity index is 583. The molecule has 2 aromatic rings. The zero-order chi connectivity index (χ0) is 14.7. The van der Waals surface area contributed by atoms with Gasteiger partial charge in [0.1, 0.15) is 0 Å². The molecule has 0 bridgehead atoms. The molecule has 0 spiro atoms. The quantitative estimate of drug-likeness (QED) is 0.931. The summed E-state index contributed by atoms with van der Waals surface area (Å²) in [5.41, 5.74) is 1.22. The minimum atomic E-state index is 0.339. The van der Waals surface area contributed by atoms with Crippen molar-refractivity contribution in [1.29, 1.82) is 0 Å². The van der Waals surface area contributed by atoms with Crippen molar-refractivity contribution in [1.82, 2.24) is 4.90 Å². The number of nitrogens with zero attached hydrogens (tertiary/aromatic N) is 1. The van der Waals surface area contributed by atoms with Crippen molar-refractivity contribution in [3.05, 3.63) is 42.5 Å². The van der Waals surface area contributed by atoms with E-state index < -0.39 is 0 Å². The number of anilines is 1. The fraction of sp³-hybridized carbons (Fsp3) is 0.444. The first kappa shape index (κ1) is 14.4. The van der Waals surface area contributed by atoms with E-state index in [-0.39, 0.29) is 0 Å². The maximum atomic E-state index is 5.78. The summed E-state index contributed by atoms with van der Waals surface area (Å²) in [6.07, 6.45) is 0.678. The first-order valence-corrected chi connectivity index (χ1v) is 7.82. The van der Waals surface area contributed by atoms with Gasteiger partial charge < -0.3 is 10.1 Å². The smallest absolute Gasteiger partial charge is 0.0678 e. The molecule has 1 N–H and O–H groups in total. The maximum absolute atomic E-state index is 5.78. The molecule has 1 saturated heterocycles. The Hall–Kier alpha value is -1.58. The number of ether oxygens (including phenoxy) is 1. The Morgan fingerprint density at radius 2 is 1.76 bits per heavy atom. The second kappa shape index (κ2) is 6.46. The lowest BCUT2D eigenvalue weighted by Crippen LogP contribution is -2.46. The molecule has 0 radical (unpaired) electrons. The Balaban J connectivity index is 1.59. The number of rotatable bonds is 4. The highest BCUT2D eigenvalue weighted by molar-refractivity contribution is 5.93. The predicted molar refractivity (Wildman–Crippen MR) is 88.9 cm³/mol. The van der Waals surface area contributed by atoms with Crippen LogP contribution in [0.3, 0.4) is 0 Å². The molecule has 0 aromatic heterocycles. The van der Waals surface area contributed by atoms with Gasteiger partial charge in [0.2, 0.25) is 0 Å². The molecule has 0 amide bonds. The summed E-state index contributed by atoms with van der Waals surface area (Å²) >= 11 is 0. The molecule has 1 fully saturated rings. The van der Waals surface area contributed by atoms with E-state index in [1.54, 1.807) is 0 Å². The lowest BCUT2D eigenvalue weighted by atomic mass is 10.1. The van der Waals surface area contributed by atoms with Crippen LogP contribution < -0.4 is 5.32 Å². The van der Waals surface area contributed by atoms with Gasteiger partial charge in [-0.05, 0) is 25.3 Å². The third-order valence-electron chi connectivity index (χ3n) is 4.03. The van der Waals surface area contributed by atoms with Crippen LogP contribution in [0.4, 0.5) is 5.69 Å². The van der Waals surface area contributed by atoms with Gasteiger partial charge in [0, 0.05) is 37.3 Å². The summed E-state index contributed by atoms with van der Waals surface area (Å²) in [5, 5.41) is 6.17. The normalized spacial score (nSPS) is 23.3. The largest absolute Gasteiger partial charge is 0.383 e. The first-order chi connectivity index (χ1) is 10.2. The maximum Gasteiger partial charge on any atom is 0.0678 e. The van der Waals surface area contributed by atoms with Crippen LogP contribution >= 0.6 is 0 Å². The summed E-state index contributed by atoms with van der Waals surface area (Å²) < 4.78 is 5.78. The number of benzene rings is 2. The molecule has 0 unspecified atom stereocenters. The number of fused-ring (bicyclic) bond motifs is 1. The molecule has 1 heterocycles. The van der Waals surface area contributed by atoms with Crippen LogP contribution in [0.25, 0.3) is 10.8 Å². The highest BCUT2D eigenvalue weighted by Gasteiger charge is 2.21. The standard InChI is InChI=1S/C18H24N2O/c1-14-12-20(13-15(2)21-14)11-10-19-18-9-5-7-16-6-3-4-8-17(16)18/h3-9,14-15,19H,10-13H2,1-2H3/t14-,15-/m1/s1. The molecule has 3 rings (SSSR count). The molecule has 2 atom stereocenters. The van der Waals surface area contributed by atoms with E-state index in [1.165, 1.54) is 16.5 Å². The van der Waals surface area contributed by atoms with Crippen LogP contribution in [0.2, 0.25) is 0 Å². The lowest BCUT2D eigenvalue weighted by Gasteiger charge is -2.35. The highest BCUT2D eigenvalue weighted by Crippen LogP contribution is 2.22. The predicted octanol–water partition coefficient (Wildman–Crippen LogP) is 3.36. The van der Waals surface area contributed by atoms with Crippen LogP contribution in [-0.4, -0.2) is 43.3 Å². The zero-order valence-corrected chi connectivity index (χ0v) is 12.9. The molecule has 1 aliphatic rings. The summed E-state index contributed by atoms with van der Waals surface area (Å²) in [4.78, 5) is 2.48. The number of nitrogens with one attached hydrogen (secondary N) is 1. The van der Waals surface area contributed by atoms with E-state index >= 15 is 0 Å². The molecule has 0 aliphatic carbocycles. The molecule has 1 aliphatic heterocycles. The van der Waals surface area contributed by atoms with Crippen LogP contribution in [0.15, 0.2) is 42.5 Å². The van der Waals surface area contributed by atoms with Crippen molar-refractivity contribution in [3.8, 4) is 0 Å². The van der Waals surface area contributed by atoms with Crippen molar-refractivity contribution in [2.24, 2.45) is 0 Å². The minimum Gasteiger partial charge on any atom is -0.383 e. The third kappa shape index (κ3) is 3.55. The van der Waals surface area contributed by atoms with Crippen molar-refractivity contribution < 1.29 is 4.74 Å². The topological polar surface area (TPSA) is 24.5 Å². The van der Waals surface area contributed by atoms with E-state index in [0.717, 1.165) is 26.2 Å². The van der Waals surface area contributed by atoms with Gasteiger partial charge >= 0.3 is 0 Å². The van der Waals surface area contributed by atoms with Crippen LogP contribution in [-0.2, 0) is 4.74 Å². The Kier molecular flexibility index (Phi) is 4.42. The average Bonchev–Trinajstić information content (AvgIpc) is 2.46. The molecule has 21 heavy (non-hydrogen) atoms. The molecular formula is C18H24N2O. The van der Waals surface area contributed by atoms with Gasteiger partial charge in [-0.3, -0.25) is 4.90 Å². The van der Waals surface area contributed by atoms with Crippen molar-refractivity contribution in [3.63, 3.8) is 0 Å². The highest BCUT2D eigenvalue weighted by atomic mass is 16.5. The van der Waals surface area contributed by atoms with Gasteiger partial charge in [0.05, 0.1) is 12.2 Å².